The lowest BCUT2D eigenvalue weighted by molar-refractivity contribution is -0.116. The molecular weight excluding hydrogens is 240 g/mol. The van der Waals surface area contributed by atoms with Crippen LogP contribution in [0.5, 0.6) is 0 Å². The zero-order valence-corrected chi connectivity index (χ0v) is 9.87. The topological polar surface area (TPSA) is 78.8 Å². The molecule has 0 atom stereocenters. The quantitative estimate of drug-likeness (QED) is 0.834. The van der Waals surface area contributed by atoms with Gasteiger partial charge in [0.2, 0.25) is 5.91 Å². The summed E-state index contributed by atoms with van der Waals surface area (Å²) in [6.07, 6.45) is 0. The Bertz CT molecular complexity index is 525. The first-order chi connectivity index (χ1) is 8.06. The van der Waals surface area contributed by atoms with Crippen molar-refractivity contribution in [3.8, 4) is 0 Å². The fourth-order valence-electron chi connectivity index (χ4n) is 1.36. The lowest BCUT2D eigenvalue weighted by atomic mass is 10.1. The van der Waals surface area contributed by atoms with Crippen molar-refractivity contribution in [2.24, 2.45) is 4.99 Å². The van der Waals surface area contributed by atoms with Crippen LogP contribution in [0.2, 0.25) is 0 Å². The molecule has 6 heteroatoms. The third-order valence-electron chi connectivity index (χ3n) is 2.26. The number of carbonyl (C=O) groups excluding carboxylic acids is 1. The zero-order chi connectivity index (χ0) is 12.4. The highest BCUT2D eigenvalue weighted by atomic mass is 32.2. The SMILES string of the molecule is Cc1ccc(C(=O)O)cc1N=C1NC(=O)CS1. The average Bonchev–Trinajstić information content (AvgIpc) is 2.67. The number of aromatic carboxylic acids is 1. The third kappa shape index (κ3) is 2.65. The van der Waals surface area contributed by atoms with Crippen molar-refractivity contribution in [2.75, 3.05) is 5.75 Å². The summed E-state index contributed by atoms with van der Waals surface area (Å²) in [5.41, 5.74) is 1.61. The number of hydrogen-bond acceptors (Lipinski definition) is 4. The second kappa shape index (κ2) is 4.58. The zero-order valence-electron chi connectivity index (χ0n) is 9.06. The van der Waals surface area contributed by atoms with Crippen molar-refractivity contribution >= 4 is 34.5 Å². The number of carboxylic acid groups (broad SMARTS) is 1. The van der Waals surface area contributed by atoms with Crippen molar-refractivity contribution in [3.05, 3.63) is 29.3 Å². The summed E-state index contributed by atoms with van der Waals surface area (Å²) in [7, 11) is 0. The summed E-state index contributed by atoms with van der Waals surface area (Å²) < 4.78 is 0. The number of aliphatic imine (C=N–C) groups is 1. The van der Waals surface area contributed by atoms with E-state index in [1.165, 1.54) is 23.9 Å². The van der Waals surface area contributed by atoms with Gasteiger partial charge in [-0.05, 0) is 24.6 Å². The molecule has 0 aliphatic carbocycles. The molecule has 1 aromatic rings. The number of hydrogen-bond donors (Lipinski definition) is 2. The van der Waals surface area contributed by atoms with Crippen LogP contribution >= 0.6 is 11.8 Å². The van der Waals surface area contributed by atoms with Crippen LogP contribution < -0.4 is 5.32 Å². The Hall–Kier alpha value is -1.82. The highest BCUT2D eigenvalue weighted by Crippen LogP contribution is 2.23. The molecule has 0 spiro atoms. The molecule has 1 aliphatic rings. The number of benzene rings is 1. The maximum atomic E-state index is 11.0. The van der Waals surface area contributed by atoms with Gasteiger partial charge in [0.25, 0.3) is 0 Å². The number of rotatable bonds is 2. The Labute approximate surface area is 102 Å². The van der Waals surface area contributed by atoms with Crippen LogP contribution in [0.4, 0.5) is 5.69 Å². The maximum Gasteiger partial charge on any atom is 0.335 e. The van der Waals surface area contributed by atoms with Gasteiger partial charge in [0.15, 0.2) is 5.17 Å². The lowest BCUT2D eigenvalue weighted by Crippen LogP contribution is -2.19. The second-order valence-corrected chi connectivity index (χ2v) is 4.52. The van der Waals surface area contributed by atoms with Gasteiger partial charge in [-0.15, -0.1) is 0 Å². The number of nitrogens with one attached hydrogen (secondary N) is 1. The molecule has 17 heavy (non-hydrogen) atoms. The van der Waals surface area contributed by atoms with Gasteiger partial charge in [-0.2, -0.15) is 0 Å². The van der Waals surface area contributed by atoms with E-state index in [1.54, 1.807) is 6.07 Å². The lowest BCUT2D eigenvalue weighted by Gasteiger charge is -2.03. The number of amidine groups is 1. The van der Waals surface area contributed by atoms with E-state index in [-0.39, 0.29) is 11.5 Å². The number of aryl methyl sites for hydroxylation is 1. The molecule has 1 amide bonds. The minimum absolute atomic E-state index is 0.0826. The van der Waals surface area contributed by atoms with Crippen molar-refractivity contribution in [3.63, 3.8) is 0 Å². The van der Waals surface area contributed by atoms with Crippen LogP contribution in [0, 0.1) is 6.92 Å². The largest absolute Gasteiger partial charge is 0.478 e. The molecule has 1 aromatic carbocycles. The summed E-state index contributed by atoms with van der Waals surface area (Å²) in [4.78, 5) is 26.1. The molecule has 1 aliphatic heterocycles. The molecule has 0 bridgehead atoms. The molecular formula is C11H10N2O3S. The van der Waals surface area contributed by atoms with E-state index in [0.717, 1.165) is 5.56 Å². The predicted molar refractivity (Wildman–Crippen MR) is 65.8 cm³/mol. The smallest absolute Gasteiger partial charge is 0.335 e. The monoisotopic (exact) mass is 250 g/mol. The molecule has 2 rings (SSSR count). The number of carbonyl (C=O) groups is 2. The van der Waals surface area contributed by atoms with Crippen LogP contribution in [0.15, 0.2) is 23.2 Å². The van der Waals surface area contributed by atoms with E-state index in [4.69, 9.17) is 5.11 Å². The van der Waals surface area contributed by atoms with Gasteiger partial charge in [0.1, 0.15) is 0 Å². The van der Waals surface area contributed by atoms with Crippen molar-refractivity contribution in [1.29, 1.82) is 0 Å². The summed E-state index contributed by atoms with van der Waals surface area (Å²) in [5.74, 6) is -0.716. The van der Waals surface area contributed by atoms with E-state index < -0.39 is 5.97 Å². The maximum absolute atomic E-state index is 11.0. The van der Waals surface area contributed by atoms with Gasteiger partial charge in [-0.25, -0.2) is 9.79 Å². The molecule has 88 valence electrons. The van der Waals surface area contributed by atoms with Gasteiger partial charge in [0, 0.05) is 0 Å². The minimum Gasteiger partial charge on any atom is -0.478 e. The highest BCUT2D eigenvalue weighted by Gasteiger charge is 2.17. The number of amides is 1. The molecule has 1 fully saturated rings. The second-order valence-electron chi connectivity index (χ2n) is 3.56. The summed E-state index contributed by atoms with van der Waals surface area (Å²) in [6, 6.07) is 4.72. The standard InChI is InChI=1S/C11H10N2O3S/c1-6-2-3-7(10(15)16)4-8(6)12-11-13-9(14)5-17-11/h2-4H,5H2,1H3,(H,15,16)(H,12,13,14). The Morgan fingerprint density at radius 3 is 2.88 bits per heavy atom. The average molecular weight is 250 g/mol. The molecule has 0 saturated carbocycles. The summed E-state index contributed by atoms with van der Waals surface area (Å²) >= 11 is 1.31. The van der Waals surface area contributed by atoms with Crippen LogP contribution in [0.25, 0.3) is 0 Å². The van der Waals surface area contributed by atoms with Crippen LogP contribution in [0.1, 0.15) is 15.9 Å². The van der Waals surface area contributed by atoms with Crippen molar-refractivity contribution in [2.45, 2.75) is 6.92 Å². The first-order valence-electron chi connectivity index (χ1n) is 4.91. The van der Waals surface area contributed by atoms with E-state index >= 15 is 0 Å². The number of nitrogens with zero attached hydrogens (tertiary/aromatic N) is 1. The third-order valence-corrected chi connectivity index (χ3v) is 3.14. The fourth-order valence-corrected chi connectivity index (χ4v) is 2.05. The molecule has 1 heterocycles. The Morgan fingerprint density at radius 2 is 2.29 bits per heavy atom. The van der Waals surface area contributed by atoms with Crippen molar-refractivity contribution < 1.29 is 14.7 Å². The predicted octanol–water partition coefficient (Wildman–Crippen LogP) is 1.54. The minimum atomic E-state index is -0.991. The van der Waals surface area contributed by atoms with Gasteiger partial charge >= 0.3 is 5.97 Å². The van der Waals surface area contributed by atoms with Crippen molar-refractivity contribution in [1.82, 2.24) is 5.32 Å². The first kappa shape index (κ1) is 11.7. The van der Waals surface area contributed by atoms with Gasteiger partial charge in [0.05, 0.1) is 17.0 Å². The molecule has 0 radical (unpaired) electrons. The van der Waals surface area contributed by atoms with E-state index in [1.807, 2.05) is 6.92 Å². The normalized spacial score (nSPS) is 17.2. The summed E-state index contributed by atoms with van der Waals surface area (Å²) in [5, 5.41) is 12.0. The Morgan fingerprint density at radius 1 is 1.53 bits per heavy atom. The number of carboxylic acids is 1. The number of thioether (sulfide) groups is 1. The fraction of sp³-hybridized carbons (Fsp3) is 0.182. The highest BCUT2D eigenvalue weighted by molar-refractivity contribution is 8.15. The summed E-state index contributed by atoms with van der Waals surface area (Å²) in [6.45, 7) is 1.84. The van der Waals surface area contributed by atoms with Crippen LogP contribution in [-0.2, 0) is 4.79 Å². The molecule has 5 nitrogen and oxygen atoms in total. The Balaban J connectivity index is 2.34. The van der Waals surface area contributed by atoms with Gasteiger partial charge in [-0.1, -0.05) is 17.8 Å². The molecule has 2 N–H and O–H groups in total. The molecule has 1 saturated heterocycles. The van der Waals surface area contributed by atoms with Gasteiger partial charge < -0.3 is 10.4 Å². The van der Waals surface area contributed by atoms with E-state index in [0.29, 0.717) is 16.6 Å². The first-order valence-corrected chi connectivity index (χ1v) is 5.90. The molecule has 0 unspecified atom stereocenters. The van der Waals surface area contributed by atoms with E-state index in [9.17, 15) is 9.59 Å². The van der Waals surface area contributed by atoms with Gasteiger partial charge in [-0.3, -0.25) is 4.79 Å². The van der Waals surface area contributed by atoms with Crippen LogP contribution in [-0.4, -0.2) is 27.9 Å². The van der Waals surface area contributed by atoms with Crippen LogP contribution in [0.3, 0.4) is 0 Å². The Kier molecular flexibility index (Phi) is 3.14. The van der Waals surface area contributed by atoms with E-state index in [2.05, 4.69) is 10.3 Å². The molecule has 0 aromatic heterocycles.